The van der Waals surface area contributed by atoms with Gasteiger partial charge < -0.3 is 14.8 Å². The molecule has 2 N–H and O–H groups in total. The van der Waals surface area contributed by atoms with E-state index in [4.69, 9.17) is 21.1 Å². The number of amides is 1. The van der Waals surface area contributed by atoms with Gasteiger partial charge in [-0.15, -0.1) is 11.8 Å². The molecule has 156 valence electrons. The molecule has 2 heterocycles. The zero-order valence-corrected chi connectivity index (χ0v) is 18.4. The molecule has 4 rings (SSSR count). The number of anilines is 1. The molecule has 0 unspecified atom stereocenters. The van der Waals surface area contributed by atoms with Gasteiger partial charge in [0.2, 0.25) is 5.91 Å². The van der Waals surface area contributed by atoms with Crippen LogP contribution in [0.1, 0.15) is 34.6 Å². The average Bonchev–Trinajstić information content (AvgIpc) is 3.04. The molecule has 0 fully saturated rings. The fourth-order valence-electron chi connectivity index (χ4n) is 3.39. The molecule has 30 heavy (non-hydrogen) atoms. The lowest BCUT2D eigenvalue weighted by Gasteiger charge is -2.19. The smallest absolute Gasteiger partial charge is 0.238 e. The third-order valence-corrected chi connectivity index (χ3v) is 6.81. The van der Waals surface area contributed by atoms with Crippen LogP contribution in [0.3, 0.4) is 0 Å². The number of ether oxygens (including phenoxy) is 2. The van der Waals surface area contributed by atoms with Crippen LogP contribution in [0.5, 0.6) is 11.5 Å². The van der Waals surface area contributed by atoms with E-state index in [1.54, 1.807) is 18.9 Å². The number of aromatic nitrogens is 2. The summed E-state index contributed by atoms with van der Waals surface area (Å²) in [6.07, 6.45) is 0. The van der Waals surface area contributed by atoms with Crippen molar-refractivity contribution in [3.8, 4) is 11.5 Å². The summed E-state index contributed by atoms with van der Waals surface area (Å²) in [7, 11) is 1.62. The molecular formula is C22H22ClN3O3S. The number of carbonyl (C=O) groups excluding carboxylic acids is 1. The number of fused-ring (bicyclic) bond motifs is 1. The van der Waals surface area contributed by atoms with E-state index in [0.29, 0.717) is 28.9 Å². The monoisotopic (exact) mass is 443 g/mol. The number of nitrogens with zero attached hydrogens (tertiary/aromatic N) is 1. The minimum atomic E-state index is -0.217. The number of aromatic amines is 1. The minimum absolute atomic E-state index is 0.0538. The Labute approximate surface area is 184 Å². The van der Waals surface area contributed by atoms with E-state index in [0.717, 1.165) is 22.4 Å². The van der Waals surface area contributed by atoms with Gasteiger partial charge in [0, 0.05) is 21.8 Å². The Morgan fingerprint density at radius 1 is 1.20 bits per heavy atom. The van der Waals surface area contributed by atoms with Gasteiger partial charge in [-0.3, -0.25) is 9.89 Å². The van der Waals surface area contributed by atoms with Gasteiger partial charge in [-0.25, -0.2) is 0 Å². The molecule has 1 aromatic heterocycles. The van der Waals surface area contributed by atoms with Crippen LogP contribution in [0.2, 0.25) is 5.02 Å². The highest BCUT2D eigenvalue weighted by molar-refractivity contribution is 8.01. The van der Waals surface area contributed by atoms with Crippen molar-refractivity contribution in [2.75, 3.05) is 12.4 Å². The number of hydrogen-bond donors (Lipinski definition) is 2. The molecule has 3 aromatic rings. The molecule has 1 amide bonds. The lowest BCUT2D eigenvalue weighted by molar-refractivity contribution is -0.115. The van der Waals surface area contributed by atoms with Crippen molar-refractivity contribution in [3.05, 3.63) is 69.9 Å². The summed E-state index contributed by atoms with van der Waals surface area (Å²) in [4.78, 5) is 12.3. The molecule has 6 nitrogen and oxygen atoms in total. The molecule has 2 aromatic carbocycles. The number of methoxy groups -OCH3 is 1. The third-order valence-electron chi connectivity index (χ3n) is 5.04. The largest absolute Gasteiger partial charge is 0.493 e. The summed E-state index contributed by atoms with van der Waals surface area (Å²) in [5, 5.41) is 10.5. The van der Waals surface area contributed by atoms with Crippen LogP contribution in [-0.4, -0.2) is 28.5 Å². The van der Waals surface area contributed by atoms with Gasteiger partial charge in [-0.05, 0) is 37.6 Å². The first-order valence-electron chi connectivity index (χ1n) is 9.53. The van der Waals surface area contributed by atoms with E-state index in [1.165, 1.54) is 0 Å². The second kappa shape index (κ2) is 8.62. The molecule has 0 radical (unpaired) electrons. The van der Waals surface area contributed by atoms with Crippen LogP contribution < -0.4 is 14.8 Å². The molecule has 0 aliphatic carbocycles. The minimum Gasteiger partial charge on any atom is -0.493 e. The first-order chi connectivity index (χ1) is 14.5. The number of benzene rings is 2. The van der Waals surface area contributed by atoms with Crippen molar-refractivity contribution in [2.24, 2.45) is 0 Å². The van der Waals surface area contributed by atoms with Crippen molar-refractivity contribution in [3.63, 3.8) is 0 Å². The van der Waals surface area contributed by atoms with E-state index >= 15 is 0 Å². The van der Waals surface area contributed by atoms with E-state index in [9.17, 15) is 4.79 Å². The highest BCUT2D eigenvalue weighted by atomic mass is 35.5. The van der Waals surface area contributed by atoms with Gasteiger partial charge >= 0.3 is 0 Å². The summed E-state index contributed by atoms with van der Waals surface area (Å²) in [6.45, 7) is 4.20. The second-order valence-electron chi connectivity index (χ2n) is 7.05. The lowest BCUT2D eigenvalue weighted by atomic mass is 10.0. The number of hydrogen-bond acceptors (Lipinski definition) is 5. The molecule has 8 heteroatoms. The zero-order valence-electron chi connectivity index (χ0n) is 16.9. The Balaban J connectivity index is 1.64. The van der Waals surface area contributed by atoms with E-state index in [1.807, 2.05) is 56.3 Å². The van der Waals surface area contributed by atoms with Crippen LogP contribution in [0.4, 0.5) is 5.82 Å². The summed E-state index contributed by atoms with van der Waals surface area (Å²) < 4.78 is 11.6. The summed E-state index contributed by atoms with van der Waals surface area (Å²) in [5.74, 6) is 1.78. The van der Waals surface area contributed by atoms with Crippen molar-refractivity contribution in [1.82, 2.24) is 10.2 Å². The number of aryl methyl sites for hydroxylation is 1. The topological polar surface area (TPSA) is 76.2 Å². The highest BCUT2D eigenvalue weighted by Crippen LogP contribution is 2.46. The standard InChI is InChI=1S/C22H22ClN3O3S/c1-12-19-20(30-13(2)22(27)24-21(19)26-25-12)14-8-9-17(18(10-14)28-3)29-11-15-6-4-5-7-16(15)23/h4-10,13,20H,11H2,1-3H3,(H2,24,25,26,27)/t13-,20+/m1/s1. The number of carbonyl (C=O) groups is 1. The molecule has 0 spiro atoms. The number of H-pyrrole nitrogens is 1. The molecule has 1 aliphatic rings. The summed E-state index contributed by atoms with van der Waals surface area (Å²) in [6, 6.07) is 13.4. The Morgan fingerprint density at radius 3 is 2.77 bits per heavy atom. The fourth-order valence-corrected chi connectivity index (χ4v) is 4.90. The van der Waals surface area contributed by atoms with Crippen LogP contribution >= 0.6 is 23.4 Å². The molecule has 0 saturated heterocycles. The van der Waals surface area contributed by atoms with Crippen molar-refractivity contribution in [1.29, 1.82) is 0 Å². The normalized spacial score (nSPS) is 18.3. The quantitative estimate of drug-likeness (QED) is 0.572. The first-order valence-corrected chi connectivity index (χ1v) is 10.8. The van der Waals surface area contributed by atoms with Gasteiger partial charge in [-0.1, -0.05) is 35.9 Å². The van der Waals surface area contributed by atoms with E-state index < -0.39 is 0 Å². The zero-order chi connectivity index (χ0) is 21.3. The number of thioether (sulfide) groups is 1. The molecular weight excluding hydrogens is 422 g/mol. The van der Waals surface area contributed by atoms with Crippen molar-refractivity contribution in [2.45, 2.75) is 31.0 Å². The van der Waals surface area contributed by atoms with E-state index in [-0.39, 0.29) is 16.4 Å². The van der Waals surface area contributed by atoms with E-state index in [2.05, 4.69) is 15.5 Å². The van der Waals surface area contributed by atoms with Crippen LogP contribution in [0, 0.1) is 6.92 Å². The van der Waals surface area contributed by atoms with Gasteiger partial charge in [0.1, 0.15) is 6.61 Å². The average molecular weight is 444 g/mol. The van der Waals surface area contributed by atoms with Crippen molar-refractivity contribution >= 4 is 35.1 Å². The predicted octanol–water partition coefficient (Wildman–Crippen LogP) is 5.12. The number of nitrogens with one attached hydrogen (secondary N) is 2. The van der Waals surface area contributed by atoms with Gasteiger partial charge in [-0.2, -0.15) is 5.10 Å². The van der Waals surface area contributed by atoms with Crippen molar-refractivity contribution < 1.29 is 14.3 Å². The predicted molar refractivity (Wildman–Crippen MR) is 120 cm³/mol. The Morgan fingerprint density at radius 2 is 2.00 bits per heavy atom. The lowest BCUT2D eigenvalue weighted by Crippen LogP contribution is -2.21. The fraction of sp³-hybridized carbons (Fsp3) is 0.273. The first kappa shape index (κ1) is 20.6. The third kappa shape index (κ3) is 4.00. The van der Waals surface area contributed by atoms with Crippen LogP contribution in [0.25, 0.3) is 0 Å². The number of rotatable bonds is 5. The maximum absolute atomic E-state index is 12.3. The Hall–Kier alpha value is -2.64. The summed E-state index contributed by atoms with van der Waals surface area (Å²) >= 11 is 7.81. The SMILES string of the molecule is COc1cc([C@@H]2S[C@H](C)C(=O)Nc3n[nH]c(C)c32)ccc1OCc1ccccc1Cl. The summed E-state index contributed by atoms with van der Waals surface area (Å²) in [5.41, 5.74) is 3.82. The second-order valence-corrected chi connectivity index (χ2v) is 8.91. The molecule has 2 atom stereocenters. The molecule has 0 saturated carbocycles. The van der Waals surface area contributed by atoms with Gasteiger partial charge in [0.25, 0.3) is 0 Å². The molecule has 1 aliphatic heterocycles. The Kier molecular flexibility index (Phi) is 5.92. The van der Waals surface area contributed by atoms with Crippen LogP contribution in [0.15, 0.2) is 42.5 Å². The number of halogens is 1. The van der Waals surface area contributed by atoms with Gasteiger partial charge in [0.15, 0.2) is 17.3 Å². The highest BCUT2D eigenvalue weighted by Gasteiger charge is 2.32. The maximum Gasteiger partial charge on any atom is 0.238 e. The maximum atomic E-state index is 12.3. The van der Waals surface area contributed by atoms with Crippen LogP contribution in [-0.2, 0) is 11.4 Å². The Bertz CT molecular complexity index is 1090. The van der Waals surface area contributed by atoms with Gasteiger partial charge in [0.05, 0.1) is 17.6 Å². The molecule has 0 bridgehead atoms.